The third-order valence-corrected chi connectivity index (χ3v) is 5.60. The van der Waals surface area contributed by atoms with Gasteiger partial charge in [0, 0.05) is 19.8 Å². The van der Waals surface area contributed by atoms with Crippen molar-refractivity contribution in [2.45, 2.75) is 22.6 Å². The minimum atomic E-state index is -4.82. The third-order valence-electron chi connectivity index (χ3n) is 3.28. The molecule has 1 heterocycles. The lowest BCUT2D eigenvalue weighted by Crippen LogP contribution is -2.26. The minimum absolute atomic E-state index is 0.0995. The van der Waals surface area contributed by atoms with Crippen molar-refractivity contribution in [2.75, 3.05) is 19.8 Å². The summed E-state index contributed by atoms with van der Waals surface area (Å²) in [4.78, 5) is -0.665. The fourth-order valence-corrected chi connectivity index (χ4v) is 3.58. The predicted molar refractivity (Wildman–Crippen MR) is 73.5 cm³/mol. The molecule has 0 radical (unpaired) electrons. The third kappa shape index (κ3) is 4.47. The van der Waals surface area contributed by atoms with E-state index in [2.05, 4.69) is 4.72 Å². The quantitative estimate of drug-likeness (QED) is 0.784. The maximum Gasteiger partial charge on any atom is 0.332 e. The van der Waals surface area contributed by atoms with Crippen molar-refractivity contribution in [3.05, 3.63) is 24.3 Å². The molecule has 1 aromatic carbocycles. The number of hydrogen-bond acceptors (Lipinski definition) is 5. The van der Waals surface area contributed by atoms with E-state index in [1.165, 1.54) is 0 Å². The first-order chi connectivity index (χ1) is 9.79. The lowest BCUT2D eigenvalue weighted by molar-refractivity contribution is 0.184. The van der Waals surface area contributed by atoms with Gasteiger partial charge >= 0.3 is 10.2 Å². The maximum absolute atomic E-state index is 12.7. The minimum Gasteiger partial charge on any atom is -0.381 e. The van der Waals surface area contributed by atoms with E-state index in [0.29, 0.717) is 25.6 Å². The van der Waals surface area contributed by atoms with Gasteiger partial charge in [-0.3, -0.25) is 0 Å². The fraction of sp³-hybridized carbons (Fsp3) is 0.500. The van der Waals surface area contributed by atoms with Crippen LogP contribution in [0.3, 0.4) is 0 Å². The van der Waals surface area contributed by atoms with Gasteiger partial charge < -0.3 is 4.74 Å². The van der Waals surface area contributed by atoms with Gasteiger partial charge in [-0.2, -0.15) is 8.42 Å². The van der Waals surface area contributed by atoms with E-state index in [-0.39, 0.29) is 11.4 Å². The summed E-state index contributed by atoms with van der Waals surface area (Å²) < 4.78 is 65.7. The van der Waals surface area contributed by atoms with Gasteiger partial charge in [0.2, 0.25) is 10.0 Å². The lowest BCUT2D eigenvalue weighted by atomic mass is 10.1. The van der Waals surface area contributed by atoms with Crippen LogP contribution in [0, 0.1) is 5.92 Å². The van der Waals surface area contributed by atoms with Gasteiger partial charge in [-0.25, -0.2) is 13.1 Å². The highest BCUT2D eigenvalue weighted by Gasteiger charge is 2.19. The zero-order valence-corrected chi connectivity index (χ0v) is 12.8. The smallest absolute Gasteiger partial charge is 0.332 e. The van der Waals surface area contributed by atoms with Crippen molar-refractivity contribution in [3.8, 4) is 0 Å². The summed E-state index contributed by atoms with van der Waals surface area (Å²) in [5, 5.41) is 0. The van der Waals surface area contributed by atoms with E-state index in [4.69, 9.17) is 4.74 Å². The van der Waals surface area contributed by atoms with Gasteiger partial charge in [0.25, 0.3) is 0 Å². The molecular formula is C12H16FNO5S2. The molecule has 1 N–H and O–H groups in total. The molecule has 2 rings (SSSR count). The molecule has 1 fully saturated rings. The van der Waals surface area contributed by atoms with Crippen LogP contribution < -0.4 is 4.72 Å². The van der Waals surface area contributed by atoms with Gasteiger partial charge in [-0.1, -0.05) is 0 Å². The first-order valence-electron chi connectivity index (χ1n) is 6.41. The van der Waals surface area contributed by atoms with E-state index < -0.39 is 25.1 Å². The van der Waals surface area contributed by atoms with E-state index in [9.17, 15) is 20.7 Å². The van der Waals surface area contributed by atoms with E-state index in [1.54, 1.807) is 0 Å². The average Bonchev–Trinajstić information content (AvgIpc) is 2.91. The molecule has 0 saturated carbocycles. The summed E-state index contributed by atoms with van der Waals surface area (Å²) >= 11 is 0. The molecule has 6 nitrogen and oxygen atoms in total. The SMILES string of the molecule is O=S(=O)(F)c1ccc(S(=O)(=O)NCCC2CCOC2)cc1. The molecule has 1 aliphatic rings. The van der Waals surface area contributed by atoms with Crippen LogP contribution in [-0.2, 0) is 25.0 Å². The topological polar surface area (TPSA) is 89.5 Å². The van der Waals surface area contributed by atoms with Crippen LogP contribution in [0.4, 0.5) is 3.89 Å². The molecule has 1 aliphatic heterocycles. The van der Waals surface area contributed by atoms with Gasteiger partial charge in [-0.15, -0.1) is 3.89 Å². The zero-order chi connectivity index (χ0) is 15.5. The Labute approximate surface area is 123 Å². The monoisotopic (exact) mass is 337 g/mol. The number of nitrogens with one attached hydrogen (secondary N) is 1. The van der Waals surface area contributed by atoms with Gasteiger partial charge in [0.1, 0.15) is 0 Å². The van der Waals surface area contributed by atoms with Gasteiger partial charge in [0.15, 0.2) is 0 Å². The largest absolute Gasteiger partial charge is 0.381 e. The number of ether oxygens (including phenoxy) is 1. The van der Waals surface area contributed by atoms with Gasteiger partial charge in [0.05, 0.1) is 9.79 Å². The summed E-state index contributed by atoms with van der Waals surface area (Å²) in [7, 11) is -8.54. The summed E-state index contributed by atoms with van der Waals surface area (Å²) in [5.41, 5.74) is 0. The number of sulfonamides is 1. The molecule has 0 amide bonds. The molecule has 0 bridgehead atoms. The highest BCUT2D eigenvalue weighted by atomic mass is 32.3. The summed E-state index contributed by atoms with van der Waals surface area (Å²) in [6, 6.07) is 3.98. The molecule has 1 saturated heterocycles. The Hall–Kier alpha value is -1.03. The van der Waals surface area contributed by atoms with Crippen molar-refractivity contribution in [1.82, 2.24) is 4.72 Å². The first-order valence-corrected chi connectivity index (χ1v) is 9.28. The second-order valence-electron chi connectivity index (χ2n) is 4.83. The van der Waals surface area contributed by atoms with Crippen LogP contribution in [0.15, 0.2) is 34.1 Å². The molecular weight excluding hydrogens is 321 g/mol. The Morgan fingerprint density at radius 3 is 2.29 bits per heavy atom. The molecule has 1 unspecified atom stereocenters. The highest BCUT2D eigenvalue weighted by molar-refractivity contribution is 7.89. The van der Waals surface area contributed by atoms with Crippen molar-refractivity contribution in [3.63, 3.8) is 0 Å². The molecule has 9 heteroatoms. The Kier molecular flexibility index (Phi) is 4.97. The molecule has 118 valence electrons. The number of rotatable bonds is 6. The zero-order valence-electron chi connectivity index (χ0n) is 11.2. The number of hydrogen-bond donors (Lipinski definition) is 1. The number of benzene rings is 1. The molecule has 0 aromatic heterocycles. The van der Waals surface area contributed by atoms with Crippen LogP contribution in [0.2, 0.25) is 0 Å². The van der Waals surface area contributed by atoms with E-state index in [1.807, 2.05) is 0 Å². The molecule has 0 spiro atoms. The van der Waals surface area contributed by atoms with Crippen molar-refractivity contribution in [1.29, 1.82) is 0 Å². The van der Waals surface area contributed by atoms with E-state index in [0.717, 1.165) is 30.7 Å². The molecule has 1 aromatic rings. The summed E-state index contributed by atoms with van der Waals surface area (Å²) in [5.74, 6) is 0.353. The van der Waals surface area contributed by atoms with Crippen molar-refractivity contribution in [2.24, 2.45) is 5.92 Å². The molecule has 1 atom stereocenters. The lowest BCUT2D eigenvalue weighted by Gasteiger charge is -2.09. The van der Waals surface area contributed by atoms with Crippen LogP contribution in [0.1, 0.15) is 12.8 Å². The van der Waals surface area contributed by atoms with Crippen LogP contribution >= 0.6 is 0 Å². The van der Waals surface area contributed by atoms with E-state index >= 15 is 0 Å². The van der Waals surface area contributed by atoms with Gasteiger partial charge in [-0.05, 0) is 43.0 Å². The summed E-state index contributed by atoms with van der Waals surface area (Å²) in [6.45, 7) is 1.63. The van der Waals surface area contributed by atoms with Crippen molar-refractivity contribution >= 4 is 20.2 Å². The summed E-state index contributed by atoms with van der Waals surface area (Å²) in [6.07, 6.45) is 1.60. The Balaban J connectivity index is 1.98. The van der Waals surface area contributed by atoms with Crippen LogP contribution in [0.5, 0.6) is 0 Å². The number of halogens is 1. The predicted octanol–water partition coefficient (Wildman–Crippen LogP) is 1.05. The fourth-order valence-electron chi connectivity index (χ4n) is 2.07. The molecule has 21 heavy (non-hydrogen) atoms. The molecule has 0 aliphatic carbocycles. The Morgan fingerprint density at radius 1 is 1.14 bits per heavy atom. The highest BCUT2D eigenvalue weighted by Crippen LogP contribution is 2.18. The first kappa shape index (κ1) is 16.3. The van der Waals surface area contributed by atoms with Crippen LogP contribution in [-0.4, -0.2) is 36.6 Å². The normalized spacial score (nSPS) is 19.8. The Morgan fingerprint density at radius 2 is 1.76 bits per heavy atom. The standard InChI is InChI=1S/C12H16FNO5S2/c13-20(15,16)11-1-3-12(4-2-11)21(17,18)14-7-5-10-6-8-19-9-10/h1-4,10,14H,5-9H2. The maximum atomic E-state index is 12.7. The van der Waals surface area contributed by atoms with Crippen molar-refractivity contribution < 1.29 is 25.5 Å². The second kappa shape index (κ2) is 6.39. The average molecular weight is 337 g/mol. The Bertz CT molecular complexity index is 679. The van der Waals surface area contributed by atoms with Crippen LogP contribution in [0.25, 0.3) is 0 Å². The second-order valence-corrected chi connectivity index (χ2v) is 7.94.